The summed E-state index contributed by atoms with van der Waals surface area (Å²) >= 11 is 0. The van der Waals surface area contributed by atoms with Crippen LogP contribution in [0.15, 0.2) is 0 Å². The molecule has 0 saturated carbocycles. The first kappa shape index (κ1) is 14.6. The van der Waals surface area contributed by atoms with E-state index in [0.29, 0.717) is 5.78 Å². The molecule has 0 aliphatic heterocycles. The molecule has 0 bridgehead atoms. The summed E-state index contributed by atoms with van der Waals surface area (Å²) in [5.41, 5.74) is -0.0595. The van der Waals surface area contributed by atoms with Crippen LogP contribution < -0.4 is 0 Å². The summed E-state index contributed by atoms with van der Waals surface area (Å²) in [7, 11) is 3.97. The number of rotatable bonds is 3. The summed E-state index contributed by atoms with van der Waals surface area (Å²) in [4.78, 5) is 14.3. The fraction of sp³-hybridized carbons (Fsp3) is 0.923. The highest BCUT2D eigenvalue weighted by atomic mass is 16.1. The van der Waals surface area contributed by atoms with Crippen LogP contribution >= 0.6 is 0 Å². The van der Waals surface area contributed by atoms with Gasteiger partial charge >= 0.3 is 0 Å². The Bertz CT molecular complexity index is 218. The molecule has 0 heterocycles. The number of ketones is 1. The molecule has 0 aromatic heterocycles. The SMILES string of the molecule is CN(C)C(CC(C)(C)C)C(=O)C(C)(C)C. The minimum atomic E-state index is -0.250. The molecule has 2 nitrogen and oxygen atoms in total. The Labute approximate surface area is 95.0 Å². The lowest BCUT2D eigenvalue weighted by atomic mass is 9.79. The molecule has 0 rings (SSSR count). The smallest absolute Gasteiger partial charge is 0.155 e. The van der Waals surface area contributed by atoms with Crippen LogP contribution in [0, 0.1) is 10.8 Å². The fourth-order valence-corrected chi connectivity index (χ4v) is 1.59. The van der Waals surface area contributed by atoms with Gasteiger partial charge in [-0.25, -0.2) is 0 Å². The maximum Gasteiger partial charge on any atom is 0.155 e. The van der Waals surface area contributed by atoms with Crippen LogP contribution in [0.25, 0.3) is 0 Å². The molecule has 2 heteroatoms. The number of nitrogens with zero attached hydrogens (tertiary/aromatic N) is 1. The Hall–Kier alpha value is -0.370. The quantitative estimate of drug-likeness (QED) is 0.718. The van der Waals surface area contributed by atoms with Crippen molar-refractivity contribution in [3.63, 3.8) is 0 Å². The van der Waals surface area contributed by atoms with Crippen molar-refractivity contribution in [3.8, 4) is 0 Å². The highest BCUT2D eigenvalue weighted by Gasteiger charge is 2.33. The lowest BCUT2D eigenvalue weighted by Gasteiger charge is -2.33. The topological polar surface area (TPSA) is 20.3 Å². The van der Waals surface area contributed by atoms with Crippen LogP contribution in [0.5, 0.6) is 0 Å². The zero-order valence-electron chi connectivity index (χ0n) is 11.6. The number of hydrogen-bond donors (Lipinski definition) is 0. The number of hydrogen-bond acceptors (Lipinski definition) is 2. The van der Waals surface area contributed by atoms with Gasteiger partial charge in [-0.1, -0.05) is 41.5 Å². The van der Waals surface area contributed by atoms with E-state index >= 15 is 0 Å². The van der Waals surface area contributed by atoms with E-state index in [-0.39, 0.29) is 16.9 Å². The van der Waals surface area contributed by atoms with Gasteiger partial charge < -0.3 is 0 Å². The molecule has 15 heavy (non-hydrogen) atoms. The summed E-state index contributed by atoms with van der Waals surface area (Å²) in [6, 6.07) is 0.0324. The molecule has 1 unspecified atom stereocenters. The second-order valence-corrected chi connectivity index (χ2v) is 6.86. The predicted octanol–water partition coefficient (Wildman–Crippen LogP) is 2.97. The minimum Gasteiger partial charge on any atom is -0.300 e. The Morgan fingerprint density at radius 2 is 1.47 bits per heavy atom. The lowest BCUT2D eigenvalue weighted by Crippen LogP contribution is -2.44. The first-order valence-electron chi connectivity index (χ1n) is 5.66. The summed E-state index contributed by atoms with van der Waals surface area (Å²) in [6.07, 6.45) is 0.913. The van der Waals surface area contributed by atoms with Gasteiger partial charge in [-0.3, -0.25) is 9.69 Å². The normalized spacial score (nSPS) is 15.5. The summed E-state index contributed by atoms with van der Waals surface area (Å²) in [5.74, 6) is 0.336. The van der Waals surface area contributed by atoms with Gasteiger partial charge in [-0.05, 0) is 25.9 Å². The Morgan fingerprint density at radius 1 is 1.07 bits per heavy atom. The average Bonchev–Trinajstić information content (AvgIpc) is 1.94. The molecular formula is C13H27NO. The first-order chi connectivity index (χ1) is 6.45. The fourth-order valence-electron chi connectivity index (χ4n) is 1.59. The maximum absolute atomic E-state index is 12.2. The Kier molecular flexibility index (Phi) is 4.53. The summed E-state index contributed by atoms with van der Waals surface area (Å²) in [5, 5.41) is 0. The van der Waals surface area contributed by atoms with E-state index in [4.69, 9.17) is 0 Å². The molecule has 1 atom stereocenters. The number of carbonyl (C=O) groups excluding carboxylic acids is 1. The molecule has 0 radical (unpaired) electrons. The van der Waals surface area contributed by atoms with Crippen molar-refractivity contribution in [1.82, 2.24) is 4.90 Å². The van der Waals surface area contributed by atoms with Crippen LogP contribution in [0.4, 0.5) is 0 Å². The highest BCUT2D eigenvalue weighted by Crippen LogP contribution is 2.28. The molecule has 0 aliphatic carbocycles. The van der Waals surface area contributed by atoms with Gasteiger partial charge in [0.15, 0.2) is 5.78 Å². The third-order valence-corrected chi connectivity index (χ3v) is 2.47. The average molecular weight is 213 g/mol. The zero-order chi connectivity index (χ0) is 12.4. The van der Waals surface area contributed by atoms with Crippen molar-refractivity contribution in [3.05, 3.63) is 0 Å². The molecule has 90 valence electrons. The third kappa shape index (κ3) is 5.31. The zero-order valence-corrected chi connectivity index (χ0v) is 11.6. The highest BCUT2D eigenvalue weighted by molar-refractivity contribution is 5.88. The van der Waals surface area contributed by atoms with Crippen LogP contribution in [0.3, 0.4) is 0 Å². The number of Topliss-reactive ketones (excluding diaryl/α,β-unsaturated/α-hetero) is 1. The van der Waals surface area contributed by atoms with E-state index in [0.717, 1.165) is 6.42 Å². The van der Waals surface area contributed by atoms with E-state index in [1.54, 1.807) is 0 Å². The molecule has 0 fully saturated rings. The second kappa shape index (κ2) is 4.65. The van der Waals surface area contributed by atoms with Gasteiger partial charge in [-0.15, -0.1) is 0 Å². The molecule has 0 spiro atoms. The summed E-state index contributed by atoms with van der Waals surface area (Å²) in [6.45, 7) is 12.5. The molecule has 0 N–H and O–H groups in total. The van der Waals surface area contributed by atoms with Crippen LogP contribution in [-0.2, 0) is 4.79 Å². The lowest BCUT2D eigenvalue weighted by molar-refractivity contribution is -0.132. The first-order valence-corrected chi connectivity index (χ1v) is 5.66. The van der Waals surface area contributed by atoms with E-state index in [1.165, 1.54) is 0 Å². The van der Waals surface area contributed by atoms with Crippen molar-refractivity contribution in [2.24, 2.45) is 10.8 Å². The van der Waals surface area contributed by atoms with Gasteiger partial charge in [0.25, 0.3) is 0 Å². The van der Waals surface area contributed by atoms with Crippen molar-refractivity contribution in [1.29, 1.82) is 0 Å². The molecule has 0 aromatic carbocycles. The van der Waals surface area contributed by atoms with Gasteiger partial charge in [-0.2, -0.15) is 0 Å². The Balaban J connectivity index is 4.77. The van der Waals surface area contributed by atoms with Gasteiger partial charge in [0.05, 0.1) is 6.04 Å². The minimum absolute atomic E-state index is 0.0324. The second-order valence-electron chi connectivity index (χ2n) is 6.86. The van der Waals surface area contributed by atoms with Crippen molar-refractivity contribution >= 4 is 5.78 Å². The number of carbonyl (C=O) groups is 1. The third-order valence-electron chi connectivity index (χ3n) is 2.47. The Morgan fingerprint density at radius 3 is 1.67 bits per heavy atom. The summed E-state index contributed by atoms with van der Waals surface area (Å²) < 4.78 is 0. The van der Waals surface area contributed by atoms with Gasteiger partial charge in [0.1, 0.15) is 0 Å². The van der Waals surface area contributed by atoms with Crippen molar-refractivity contribution < 1.29 is 4.79 Å². The monoisotopic (exact) mass is 213 g/mol. The van der Waals surface area contributed by atoms with Crippen LogP contribution in [0.2, 0.25) is 0 Å². The molecule has 0 aromatic rings. The standard InChI is InChI=1S/C13H27NO/c1-12(2,3)9-10(14(7)8)11(15)13(4,5)6/h10H,9H2,1-8H3. The van der Waals surface area contributed by atoms with Crippen LogP contribution in [-0.4, -0.2) is 30.8 Å². The molecule has 0 amide bonds. The molecule has 0 saturated heterocycles. The van der Waals surface area contributed by atoms with Crippen LogP contribution in [0.1, 0.15) is 48.0 Å². The van der Waals surface area contributed by atoms with E-state index in [1.807, 2.05) is 39.8 Å². The van der Waals surface area contributed by atoms with Gasteiger partial charge in [0, 0.05) is 5.41 Å². The molecule has 0 aliphatic rings. The largest absolute Gasteiger partial charge is 0.300 e. The van der Waals surface area contributed by atoms with Crippen molar-refractivity contribution in [2.75, 3.05) is 14.1 Å². The maximum atomic E-state index is 12.2. The predicted molar refractivity (Wildman–Crippen MR) is 66.0 cm³/mol. The van der Waals surface area contributed by atoms with E-state index in [2.05, 4.69) is 20.8 Å². The van der Waals surface area contributed by atoms with Crippen molar-refractivity contribution in [2.45, 2.75) is 54.0 Å². The van der Waals surface area contributed by atoms with E-state index < -0.39 is 0 Å². The molecular weight excluding hydrogens is 186 g/mol. The van der Waals surface area contributed by atoms with E-state index in [9.17, 15) is 4.79 Å². The van der Waals surface area contributed by atoms with Gasteiger partial charge in [0.2, 0.25) is 0 Å². The number of likely N-dealkylation sites (N-methyl/N-ethyl adjacent to an activating group) is 1.